The molecule has 0 aliphatic carbocycles. The molecule has 1 aromatic heterocycles. The van der Waals surface area contributed by atoms with Gasteiger partial charge >= 0.3 is 0 Å². The summed E-state index contributed by atoms with van der Waals surface area (Å²) in [5.74, 6) is 0.457. The van der Waals surface area contributed by atoms with Crippen LogP contribution in [-0.4, -0.2) is 31.5 Å². The molecule has 5 nitrogen and oxygen atoms in total. The van der Waals surface area contributed by atoms with Crippen molar-refractivity contribution >= 4 is 16.6 Å². The predicted octanol–water partition coefficient (Wildman–Crippen LogP) is 1.25. The molecule has 0 fully saturated rings. The summed E-state index contributed by atoms with van der Waals surface area (Å²) in [6, 6.07) is 9.23. The van der Waals surface area contributed by atoms with Crippen LogP contribution in [0, 0.1) is 0 Å². The summed E-state index contributed by atoms with van der Waals surface area (Å²) in [4.78, 5) is 12.3. The maximum Gasteiger partial charge on any atom is 0.260 e. The Hall–Kier alpha value is -1.85. The normalized spacial score (nSPS) is 11.0. The van der Waals surface area contributed by atoms with Crippen LogP contribution < -0.4 is 11.3 Å². The molecule has 0 aliphatic heterocycles. The van der Waals surface area contributed by atoms with Crippen LogP contribution in [0.4, 0.5) is 5.82 Å². The van der Waals surface area contributed by atoms with E-state index in [0.29, 0.717) is 37.6 Å². The van der Waals surface area contributed by atoms with E-state index in [9.17, 15) is 4.79 Å². The molecule has 2 N–H and O–H groups in total. The number of aromatic nitrogens is 1. The standard InChI is InChI=1S/C14H18N2O3/c1-18-8-9-19-7-6-16-13(15)10-11-4-2-3-5-12(11)14(16)17/h2-5,10H,6-9,15H2,1H3. The third kappa shape index (κ3) is 3.13. The van der Waals surface area contributed by atoms with Crippen molar-refractivity contribution in [3.05, 3.63) is 40.7 Å². The number of nitrogen functional groups attached to an aromatic ring is 1. The van der Waals surface area contributed by atoms with Crippen molar-refractivity contribution in [2.75, 3.05) is 32.7 Å². The zero-order valence-corrected chi connectivity index (χ0v) is 11.0. The first-order valence-electron chi connectivity index (χ1n) is 6.19. The number of nitrogens with two attached hydrogens (primary N) is 1. The first kappa shape index (κ1) is 13.6. The third-order valence-corrected chi connectivity index (χ3v) is 2.94. The van der Waals surface area contributed by atoms with Gasteiger partial charge in [0.2, 0.25) is 0 Å². The lowest BCUT2D eigenvalue weighted by Crippen LogP contribution is -2.25. The molecular formula is C14H18N2O3. The zero-order chi connectivity index (χ0) is 13.7. The van der Waals surface area contributed by atoms with Gasteiger partial charge in [-0.2, -0.15) is 0 Å². The first-order valence-corrected chi connectivity index (χ1v) is 6.19. The summed E-state index contributed by atoms with van der Waals surface area (Å²) in [7, 11) is 1.62. The smallest absolute Gasteiger partial charge is 0.260 e. The number of benzene rings is 1. The molecule has 0 unspecified atom stereocenters. The average Bonchev–Trinajstić information content (AvgIpc) is 2.42. The lowest BCUT2D eigenvalue weighted by Gasteiger charge is -2.11. The molecule has 0 saturated heterocycles. The SMILES string of the molecule is COCCOCCn1c(N)cc2ccccc2c1=O. The number of nitrogens with zero attached hydrogens (tertiary/aromatic N) is 1. The zero-order valence-electron chi connectivity index (χ0n) is 11.0. The van der Waals surface area contributed by atoms with Crippen LogP contribution in [-0.2, 0) is 16.0 Å². The number of rotatable bonds is 6. The third-order valence-electron chi connectivity index (χ3n) is 2.94. The number of fused-ring (bicyclic) bond motifs is 1. The van der Waals surface area contributed by atoms with Gasteiger partial charge in [0.1, 0.15) is 5.82 Å². The van der Waals surface area contributed by atoms with Gasteiger partial charge in [0, 0.05) is 12.5 Å². The minimum atomic E-state index is -0.0778. The molecule has 2 aromatic rings. The van der Waals surface area contributed by atoms with Crippen LogP contribution in [0.1, 0.15) is 0 Å². The number of anilines is 1. The van der Waals surface area contributed by atoms with Gasteiger partial charge in [0.25, 0.3) is 5.56 Å². The highest BCUT2D eigenvalue weighted by molar-refractivity contribution is 5.83. The number of hydrogen-bond acceptors (Lipinski definition) is 4. The van der Waals surface area contributed by atoms with Crippen LogP contribution in [0.2, 0.25) is 0 Å². The molecule has 0 saturated carbocycles. The summed E-state index contributed by atoms with van der Waals surface area (Å²) in [6.07, 6.45) is 0. The van der Waals surface area contributed by atoms with Gasteiger partial charge in [-0.25, -0.2) is 0 Å². The van der Waals surface area contributed by atoms with E-state index in [1.807, 2.05) is 24.3 Å². The number of hydrogen-bond donors (Lipinski definition) is 1. The van der Waals surface area contributed by atoms with E-state index in [1.165, 1.54) is 4.57 Å². The van der Waals surface area contributed by atoms with E-state index in [1.54, 1.807) is 13.2 Å². The Bertz CT molecular complexity index is 607. The molecule has 5 heteroatoms. The van der Waals surface area contributed by atoms with Crippen LogP contribution in [0.25, 0.3) is 10.8 Å². The fraction of sp³-hybridized carbons (Fsp3) is 0.357. The van der Waals surface area contributed by atoms with Crippen LogP contribution in [0.15, 0.2) is 35.1 Å². The highest BCUT2D eigenvalue weighted by Crippen LogP contribution is 2.12. The summed E-state index contributed by atoms with van der Waals surface area (Å²) in [5, 5.41) is 1.54. The Labute approximate surface area is 111 Å². The summed E-state index contributed by atoms with van der Waals surface area (Å²) in [6.45, 7) is 1.94. The van der Waals surface area contributed by atoms with E-state index < -0.39 is 0 Å². The molecular weight excluding hydrogens is 244 g/mol. The van der Waals surface area contributed by atoms with Gasteiger partial charge < -0.3 is 15.2 Å². The second kappa shape index (κ2) is 6.36. The Morgan fingerprint density at radius 1 is 1.21 bits per heavy atom. The lowest BCUT2D eigenvalue weighted by molar-refractivity contribution is 0.0665. The monoisotopic (exact) mass is 262 g/mol. The van der Waals surface area contributed by atoms with Crippen LogP contribution in [0.3, 0.4) is 0 Å². The van der Waals surface area contributed by atoms with Crippen LogP contribution >= 0.6 is 0 Å². The van der Waals surface area contributed by atoms with Crippen molar-refractivity contribution in [1.29, 1.82) is 0 Å². The molecule has 19 heavy (non-hydrogen) atoms. The first-order chi connectivity index (χ1) is 9.24. The molecule has 0 radical (unpaired) electrons. The maximum absolute atomic E-state index is 12.3. The second-order valence-electron chi connectivity index (χ2n) is 4.22. The van der Waals surface area contributed by atoms with Gasteiger partial charge in [0.15, 0.2) is 0 Å². The molecule has 0 spiro atoms. The molecule has 1 heterocycles. The Balaban J connectivity index is 2.16. The lowest BCUT2D eigenvalue weighted by atomic mass is 10.1. The fourth-order valence-electron chi connectivity index (χ4n) is 1.95. The molecule has 1 aromatic carbocycles. The van der Waals surface area contributed by atoms with E-state index in [4.69, 9.17) is 15.2 Å². The Kier molecular flexibility index (Phi) is 4.54. The van der Waals surface area contributed by atoms with E-state index in [0.717, 1.165) is 5.39 Å². The van der Waals surface area contributed by atoms with Gasteiger partial charge in [-0.05, 0) is 17.5 Å². The molecule has 0 atom stereocenters. The average molecular weight is 262 g/mol. The maximum atomic E-state index is 12.3. The second-order valence-corrected chi connectivity index (χ2v) is 4.22. The Morgan fingerprint density at radius 2 is 2.00 bits per heavy atom. The fourth-order valence-corrected chi connectivity index (χ4v) is 1.95. The number of methoxy groups -OCH3 is 1. The highest BCUT2D eigenvalue weighted by Gasteiger charge is 2.06. The quantitative estimate of drug-likeness (QED) is 0.796. The minimum Gasteiger partial charge on any atom is -0.385 e. The van der Waals surface area contributed by atoms with Crippen molar-refractivity contribution in [3.8, 4) is 0 Å². The predicted molar refractivity (Wildman–Crippen MR) is 75.3 cm³/mol. The summed E-state index contributed by atoms with van der Waals surface area (Å²) in [5.41, 5.74) is 5.83. The van der Waals surface area contributed by atoms with E-state index in [2.05, 4.69) is 0 Å². The van der Waals surface area contributed by atoms with Crippen molar-refractivity contribution in [3.63, 3.8) is 0 Å². The summed E-state index contributed by atoms with van der Waals surface area (Å²) >= 11 is 0. The molecule has 2 rings (SSSR count). The van der Waals surface area contributed by atoms with E-state index in [-0.39, 0.29) is 5.56 Å². The van der Waals surface area contributed by atoms with Crippen LogP contribution in [0.5, 0.6) is 0 Å². The highest BCUT2D eigenvalue weighted by atomic mass is 16.5. The van der Waals surface area contributed by atoms with Crippen molar-refractivity contribution in [2.45, 2.75) is 6.54 Å². The molecule has 0 aliphatic rings. The largest absolute Gasteiger partial charge is 0.385 e. The molecule has 102 valence electrons. The van der Waals surface area contributed by atoms with Gasteiger partial charge in [-0.15, -0.1) is 0 Å². The Morgan fingerprint density at radius 3 is 2.79 bits per heavy atom. The topological polar surface area (TPSA) is 66.5 Å². The number of pyridine rings is 1. The van der Waals surface area contributed by atoms with Gasteiger partial charge in [-0.3, -0.25) is 9.36 Å². The van der Waals surface area contributed by atoms with E-state index >= 15 is 0 Å². The van der Waals surface area contributed by atoms with Crippen molar-refractivity contribution < 1.29 is 9.47 Å². The summed E-state index contributed by atoms with van der Waals surface area (Å²) < 4.78 is 11.8. The van der Waals surface area contributed by atoms with Gasteiger partial charge in [0.05, 0.1) is 26.4 Å². The van der Waals surface area contributed by atoms with Gasteiger partial charge in [-0.1, -0.05) is 18.2 Å². The van der Waals surface area contributed by atoms with Crippen molar-refractivity contribution in [1.82, 2.24) is 4.57 Å². The minimum absolute atomic E-state index is 0.0778. The molecule has 0 bridgehead atoms. The number of ether oxygens (including phenoxy) is 2. The van der Waals surface area contributed by atoms with Crippen molar-refractivity contribution in [2.24, 2.45) is 0 Å². The molecule has 0 amide bonds.